The molecule has 0 saturated carbocycles. The number of hydrogen-bond acceptors (Lipinski definition) is 5. The van der Waals surface area contributed by atoms with Gasteiger partial charge in [-0.05, 0) is 48.9 Å². The lowest BCUT2D eigenvalue weighted by Crippen LogP contribution is -2.38. The van der Waals surface area contributed by atoms with Crippen LogP contribution in [0.15, 0.2) is 54.6 Å². The number of hydrogen-bond donors (Lipinski definition) is 4. The summed E-state index contributed by atoms with van der Waals surface area (Å²) in [6, 6.07) is 11.6. The number of carbonyl (C=O) groups excluding carboxylic acids is 3. The van der Waals surface area contributed by atoms with E-state index in [2.05, 4.69) is 15.3 Å². The molecule has 1 aromatic heterocycles. The zero-order chi connectivity index (χ0) is 27.8. The Labute approximate surface area is 230 Å². The zero-order valence-electron chi connectivity index (χ0n) is 20.1. The number of fused-ring (bicyclic) bond motifs is 1. The number of halogens is 5. The maximum atomic E-state index is 13.5. The second kappa shape index (κ2) is 11.3. The minimum atomic E-state index is -4.80. The van der Waals surface area contributed by atoms with Crippen LogP contribution in [0.1, 0.15) is 37.7 Å². The molecule has 14 heteroatoms. The lowest BCUT2D eigenvalue weighted by molar-refractivity contribution is -0.137. The molecular weight excluding hydrogens is 560 g/mol. The van der Waals surface area contributed by atoms with E-state index in [1.807, 2.05) is 0 Å². The molecule has 0 bridgehead atoms. The Kier molecular flexibility index (Phi) is 8.54. The first kappa shape index (κ1) is 29.4. The molecule has 1 heterocycles. The van der Waals surface area contributed by atoms with Crippen molar-refractivity contribution in [1.29, 1.82) is 0 Å². The Morgan fingerprint density at radius 1 is 1.08 bits per heavy atom. The molecular formula is C25H21Cl2F3N6O3. The number of nitrogens with zero attached hydrogens (tertiary/aromatic N) is 2. The van der Waals surface area contributed by atoms with Crippen molar-refractivity contribution in [2.75, 3.05) is 10.3 Å². The molecule has 4 rings (SSSR count). The molecule has 4 aromatic rings. The van der Waals surface area contributed by atoms with Gasteiger partial charge in [0.2, 0.25) is 5.91 Å². The molecule has 0 aliphatic heterocycles. The van der Waals surface area contributed by atoms with Crippen molar-refractivity contribution in [3.8, 4) is 0 Å². The summed E-state index contributed by atoms with van der Waals surface area (Å²) < 4.78 is 40.5. The summed E-state index contributed by atoms with van der Waals surface area (Å²) in [5.74, 6) is 3.60. The Morgan fingerprint density at radius 2 is 1.77 bits per heavy atom. The molecule has 0 aliphatic rings. The third-order valence-electron chi connectivity index (χ3n) is 5.68. The molecule has 6 N–H and O–H groups in total. The molecule has 39 heavy (non-hydrogen) atoms. The van der Waals surface area contributed by atoms with Gasteiger partial charge in [-0.1, -0.05) is 29.8 Å². The molecule has 3 aromatic carbocycles. The molecule has 0 saturated heterocycles. The van der Waals surface area contributed by atoms with E-state index < -0.39 is 35.0 Å². The molecule has 0 unspecified atom stereocenters. The normalized spacial score (nSPS) is 11.1. The number of primary amides is 1. The van der Waals surface area contributed by atoms with Gasteiger partial charge in [0, 0.05) is 10.7 Å². The minimum absolute atomic E-state index is 0. The van der Waals surface area contributed by atoms with Crippen LogP contribution in [0.2, 0.25) is 5.02 Å². The number of hydrazine groups is 1. The van der Waals surface area contributed by atoms with Crippen LogP contribution in [0, 0.1) is 6.92 Å². The third-order valence-corrected chi connectivity index (χ3v) is 6.09. The highest BCUT2D eigenvalue weighted by molar-refractivity contribution is 6.31. The first-order chi connectivity index (χ1) is 17.9. The van der Waals surface area contributed by atoms with Crippen molar-refractivity contribution in [2.45, 2.75) is 19.5 Å². The predicted molar refractivity (Wildman–Crippen MR) is 143 cm³/mol. The second-order valence-electron chi connectivity index (χ2n) is 8.30. The smallest absolute Gasteiger partial charge is 0.369 e. The highest BCUT2D eigenvalue weighted by Crippen LogP contribution is 2.33. The lowest BCUT2D eigenvalue weighted by atomic mass is 10.1. The monoisotopic (exact) mass is 580 g/mol. The number of aromatic nitrogens is 2. The highest BCUT2D eigenvalue weighted by Gasteiger charge is 2.36. The number of amides is 3. The van der Waals surface area contributed by atoms with E-state index in [4.69, 9.17) is 23.2 Å². The van der Waals surface area contributed by atoms with Gasteiger partial charge in [-0.25, -0.2) is 15.8 Å². The van der Waals surface area contributed by atoms with Crippen molar-refractivity contribution in [1.82, 2.24) is 9.97 Å². The van der Waals surface area contributed by atoms with Crippen LogP contribution in [0.3, 0.4) is 0 Å². The fourth-order valence-electron chi connectivity index (χ4n) is 3.81. The highest BCUT2D eigenvalue weighted by atomic mass is 35.5. The number of alkyl halides is 3. The first-order valence-electron chi connectivity index (χ1n) is 11.0. The van der Waals surface area contributed by atoms with Crippen LogP contribution in [0.5, 0.6) is 0 Å². The van der Waals surface area contributed by atoms with Crippen molar-refractivity contribution < 1.29 is 27.6 Å². The summed E-state index contributed by atoms with van der Waals surface area (Å²) in [6.07, 6.45) is -5.08. The van der Waals surface area contributed by atoms with Crippen molar-refractivity contribution in [3.63, 3.8) is 0 Å². The maximum absolute atomic E-state index is 13.5. The average molecular weight is 581 g/mol. The van der Waals surface area contributed by atoms with E-state index >= 15 is 0 Å². The van der Waals surface area contributed by atoms with E-state index in [9.17, 15) is 27.6 Å². The predicted octanol–water partition coefficient (Wildman–Crippen LogP) is 4.77. The SMILES string of the molecule is Cc1c(Cl)cccc1NC(=O)c1cc(N(N)C(=O)c2ccccc2C(F)(F)F)cc2[nH]c(CC(N)=O)nc12.Cl. The average Bonchev–Trinajstić information content (AvgIpc) is 3.26. The summed E-state index contributed by atoms with van der Waals surface area (Å²) in [7, 11) is 0. The minimum Gasteiger partial charge on any atom is -0.369 e. The topological polar surface area (TPSA) is 147 Å². The number of anilines is 2. The van der Waals surface area contributed by atoms with E-state index in [-0.39, 0.29) is 46.9 Å². The number of carbonyl (C=O) groups is 3. The zero-order valence-corrected chi connectivity index (χ0v) is 21.7. The number of nitrogens with one attached hydrogen (secondary N) is 2. The van der Waals surface area contributed by atoms with Gasteiger partial charge in [0.1, 0.15) is 11.3 Å². The van der Waals surface area contributed by atoms with Gasteiger partial charge in [0.05, 0.1) is 34.3 Å². The Morgan fingerprint density at radius 3 is 2.44 bits per heavy atom. The molecule has 0 fully saturated rings. The van der Waals surface area contributed by atoms with Gasteiger partial charge in [-0.15, -0.1) is 12.4 Å². The van der Waals surface area contributed by atoms with Gasteiger partial charge in [-0.2, -0.15) is 13.2 Å². The van der Waals surface area contributed by atoms with Crippen molar-refractivity contribution >= 4 is 64.1 Å². The molecule has 0 radical (unpaired) electrons. The Bertz CT molecular complexity index is 1590. The fraction of sp³-hybridized carbons (Fsp3) is 0.120. The summed E-state index contributed by atoms with van der Waals surface area (Å²) in [4.78, 5) is 44.9. The summed E-state index contributed by atoms with van der Waals surface area (Å²) in [6.45, 7) is 1.70. The molecule has 3 amide bonds. The van der Waals surface area contributed by atoms with Gasteiger partial charge < -0.3 is 16.0 Å². The quantitative estimate of drug-likeness (QED) is 0.147. The second-order valence-corrected chi connectivity index (χ2v) is 8.71. The number of benzene rings is 3. The van der Waals surface area contributed by atoms with Crippen LogP contribution in [-0.2, 0) is 17.4 Å². The molecule has 0 aliphatic carbocycles. The van der Waals surface area contributed by atoms with Gasteiger partial charge in [0.25, 0.3) is 11.8 Å². The van der Waals surface area contributed by atoms with Crippen LogP contribution >= 0.6 is 24.0 Å². The van der Waals surface area contributed by atoms with Crippen LogP contribution in [0.25, 0.3) is 11.0 Å². The molecule has 0 atom stereocenters. The maximum Gasteiger partial charge on any atom is 0.417 e. The van der Waals surface area contributed by atoms with E-state index in [0.717, 1.165) is 18.2 Å². The fourth-order valence-corrected chi connectivity index (χ4v) is 3.99. The number of imidazole rings is 1. The van der Waals surface area contributed by atoms with Crippen molar-refractivity contribution in [2.24, 2.45) is 11.6 Å². The van der Waals surface area contributed by atoms with Crippen LogP contribution < -0.4 is 21.9 Å². The van der Waals surface area contributed by atoms with E-state index in [0.29, 0.717) is 21.3 Å². The number of nitrogens with two attached hydrogens (primary N) is 2. The summed E-state index contributed by atoms with van der Waals surface area (Å²) in [5.41, 5.74) is 4.53. The number of rotatable bonds is 6. The Hall–Kier alpha value is -4.13. The third kappa shape index (κ3) is 6.14. The number of H-pyrrole nitrogens is 1. The van der Waals surface area contributed by atoms with Crippen LogP contribution in [-0.4, -0.2) is 27.7 Å². The van der Waals surface area contributed by atoms with E-state index in [1.165, 1.54) is 18.2 Å². The lowest BCUT2D eigenvalue weighted by Gasteiger charge is -2.20. The van der Waals surface area contributed by atoms with Gasteiger partial charge in [-0.3, -0.25) is 14.4 Å². The standard InChI is InChI=1S/C25H20ClF3N6O3.ClH/c1-12-17(26)7-4-8-18(12)33-23(37)15-9-13(10-19-22(15)34-21(32-19)11-20(30)36)35(31)24(38)14-5-2-3-6-16(14)25(27,28)29;/h2-10H,11,31H2,1H3,(H2,30,36)(H,32,34)(H,33,37);1H. The Balaban J connectivity index is 0.00000420. The molecule has 204 valence electrons. The first-order valence-corrected chi connectivity index (χ1v) is 11.4. The van der Waals surface area contributed by atoms with Gasteiger partial charge in [0.15, 0.2) is 0 Å². The van der Waals surface area contributed by atoms with Crippen molar-refractivity contribution in [3.05, 3.63) is 87.7 Å². The van der Waals surface area contributed by atoms with Crippen LogP contribution in [0.4, 0.5) is 24.5 Å². The molecule has 0 spiro atoms. The largest absolute Gasteiger partial charge is 0.417 e. The number of aromatic amines is 1. The van der Waals surface area contributed by atoms with Gasteiger partial charge >= 0.3 is 6.18 Å². The van der Waals surface area contributed by atoms with E-state index in [1.54, 1.807) is 25.1 Å². The molecule has 9 nitrogen and oxygen atoms in total. The summed E-state index contributed by atoms with van der Waals surface area (Å²) in [5, 5.41) is 3.61. The summed E-state index contributed by atoms with van der Waals surface area (Å²) >= 11 is 6.14.